The average molecular weight is 267 g/mol. The molecule has 0 aromatic rings. The van der Waals surface area contributed by atoms with Crippen LogP contribution in [-0.2, 0) is 9.53 Å². The zero-order valence-electron chi connectivity index (χ0n) is 13.2. The number of nitrogens with one attached hydrogen (secondary N) is 1. The number of allylic oxidation sites excluding steroid dienone is 1. The Kier molecular flexibility index (Phi) is 5.19. The zero-order chi connectivity index (χ0) is 14.7. The molecule has 3 nitrogen and oxygen atoms in total. The van der Waals surface area contributed by atoms with Crippen LogP contribution in [0.3, 0.4) is 0 Å². The van der Waals surface area contributed by atoms with Gasteiger partial charge in [0.2, 0.25) is 0 Å². The summed E-state index contributed by atoms with van der Waals surface area (Å²) >= 11 is 0. The monoisotopic (exact) mass is 267 g/mol. The minimum absolute atomic E-state index is 0.0140. The van der Waals surface area contributed by atoms with Crippen molar-refractivity contribution in [3.8, 4) is 0 Å². The summed E-state index contributed by atoms with van der Waals surface area (Å²) in [6.45, 7) is 12.9. The van der Waals surface area contributed by atoms with Gasteiger partial charge in [0.1, 0.15) is 6.10 Å². The van der Waals surface area contributed by atoms with E-state index in [1.54, 1.807) is 6.08 Å². The van der Waals surface area contributed by atoms with Crippen molar-refractivity contribution in [3.63, 3.8) is 0 Å². The lowest BCUT2D eigenvalue weighted by Crippen LogP contribution is -2.66. The molecule has 1 N–H and O–H groups in total. The molecule has 110 valence electrons. The Labute approximate surface area is 117 Å². The van der Waals surface area contributed by atoms with E-state index in [1.165, 1.54) is 6.08 Å². The predicted octanol–water partition coefficient (Wildman–Crippen LogP) is 3.44. The van der Waals surface area contributed by atoms with Gasteiger partial charge in [-0.1, -0.05) is 26.8 Å². The van der Waals surface area contributed by atoms with Crippen LogP contribution in [0.5, 0.6) is 0 Å². The summed E-state index contributed by atoms with van der Waals surface area (Å²) < 4.78 is 5.67. The highest BCUT2D eigenvalue weighted by Crippen LogP contribution is 2.38. The summed E-state index contributed by atoms with van der Waals surface area (Å²) in [5.74, 6) is 0.0875. The molecule has 0 radical (unpaired) electrons. The molecule has 1 saturated heterocycles. The van der Waals surface area contributed by atoms with Crippen molar-refractivity contribution < 1.29 is 9.53 Å². The molecular formula is C16H29NO2. The van der Waals surface area contributed by atoms with Gasteiger partial charge >= 0.3 is 5.97 Å². The van der Waals surface area contributed by atoms with Crippen LogP contribution in [0.1, 0.15) is 60.8 Å². The summed E-state index contributed by atoms with van der Waals surface area (Å²) in [5, 5.41) is 3.78. The van der Waals surface area contributed by atoms with E-state index in [2.05, 4.69) is 39.9 Å². The Hall–Kier alpha value is -0.830. The predicted molar refractivity (Wildman–Crippen MR) is 79.0 cm³/mol. The summed E-state index contributed by atoms with van der Waals surface area (Å²) in [7, 11) is 0. The largest absolute Gasteiger partial charge is 0.459 e. The molecule has 0 bridgehead atoms. The fraction of sp³-hybridized carbons (Fsp3) is 0.812. The molecule has 4 atom stereocenters. The number of piperidine rings is 1. The Morgan fingerprint density at radius 3 is 2.47 bits per heavy atom. The van der Waals surface area contributed by atoms with Crippen molar-refractivity contribution in [1.82, 2.24) is 5.32 Å². The molecule has 1 aliphatic rings. The van der Waals surface area contributed by atoms with Crippen LogP contribution in [-0.4, -0.2) is 23.2 Å². The molecule has 1 fully saturated rings. The van der Waals surface area contributed by atoms with Crippen molar-refractivity contribution in [1.29, 1.82) is 0 Å². The topological polar surface area (TPSA) is 38.3 Å². The van der Waals surface area contributed by atoms with E-state index < -0.39 is 0 Å². The second-order valence-electron chi connectivity index (χ2n) is 6.28. The van der Waals surface area contributed by atoms with E-state index in [4.69, 9.17) is 4.74 Å². The molecule has 0 aromatic carbocycles. The van der Waals surface area contributed by atoms with Crippen molar-refractivity contribution in [2.45, 2.75) is 78.0 Å². The van der Waals surface area contributed by atoms with Gasteiger partial charge in [0.15, 0.2) is 0 Å². The van der Waals surface area contributed by atoms with E-state index >= 15 is 0 Å². The number of ether oxygens (including phenoxy) is 1. The molecule has 1 heterocycles. The molecule has 3 heteroatoms. The van der Waals surface area contributed by atoms with E-state index in [1.807, 2.05) is 6.92 Å². The van der Waals surface area contributed by atoms with Crippen molar-refractivity contribution in [2.75, 3.05) is 0 Å². The fourth-order valence-corrected chi connectivity index (χ4v) is 3.00. The molecular weight excluding hydrogens is 238 g/mol. The lowest BCUT2D eigenvalue weighted by molar-refractivity contribution is -0.152. The van der Waals surface area contributed by atoms with Crippen LogP contribution in [0, 0.1) is 5.92 Å². The van der Waals surface area contributed by atoms with Crippen molar-refractivity contribution in [2.24, 2.45) is 5.92 Å². The summed E-state index contributed by atoms with van der Waals surface area (Å²) in [6, 6.07) is 0. The smallest absolute Gasteiger partial charge is 0.330 e. The van der Waals surface area contributed by atoms with Gasteiger partial charge < -0.3 is 10.1 Å². The fourth-order valence-electron chi connectivity index (χ4n) is 3.00. The standard InChI is InChI=1S/C16H29NO2/c1-7-10-14(18)19-13-11-15(5,8-2)17-16(6,9-3)12(13)4/h7,10,12-13,17H,8-9,11H2,1-6H3/b10-7+. The van der Waals surface area contributed by atoms with Gasteiger partial charge in [0.05, 0.1) is 0 Å². The molecule has 19 heavy (non-hydrogen) atoms. The molecule has 0 spiro atoms. The van der Waals surface area contributed by atoms with Gasteiger partial charge in [-0.05, 0) is 33.6 Å². The highest BCUT2D eigenvalue weighted by Gasteiger charge is 2.47. The summed E-state index contributed by atoms with van der Waals surface area (Å²) in [4.78, 5) is 11.7. The Morgan fingerprint density at radius 1 is 1.37 bits per heavy atom. The molecule has 1 rings (SSSR count). The molecule has 0 saturated carbocycles. The van der Waals surface area contributed by atoms with Crippen molar-refractivity contribution in [3.05, 3.63) is 12.2 Å². The lowest BCUT2D eigenvalue weighted by atomic mass is 9.70. The van der Waals surface area contributed by atoms with E-state index in [-0.39, 0.29) is 23.2 Å². The first kappa shape index (κ1) is 16.2. The van der Waals surface area contributed by atoms with Gasteiger partial charge in [0, 0.05) is 29.5 Å². The number of hydrogen-bond acceptors (Lipinski definition) is 3. The van der Waals surface area contributed by atoms with E-state index in [0.29, 0.717) is 5.92 Å². The first-order valence-corrected chi connectivity index (χ1v) is 7.43. The minimum Gasteiger partial charge on any atom is -0.459 e. The van der Waals surface area contributed by atoms with Gasteiger partial charge in [-0.3, -0.25) is 0 Å². The number of esters is 1. The molecule has 1 aliphatic heterocycles. The quantitative estimate of drug-likeness (QED) is 0.626. The summed E-state index contributed by atoms with van der Waals surface area (Å²) in [6.07, 6.45) is 6.16. The highest BCUT2D eigenvalue weighted by atomic mass is 16.5. The number of carbonyl (C=O) groups excluding carboxylic acids is 1. The van der Waals surface area contributed by atoms with Crippen molar-refractivity contribution >= 4 is 5.97 Å². The molecule has 4 unspecified atom stereocenters. The van der Waals surface area contributed by atoms with E-state index in [9.17, 15) is 4.79 Å². The van der Waals surface area contributed by atoms with Crippen LogP contribution in [0.25, 0.3) is 0 Å². The Morgan fingerprint density at radius 2 is 2.00 bits per heavy atom. The van der Waals surface area contributed by atoms with Gasteiger partial charge in [-0.2, -0.15) is 0 Å². The average Bonchev–Trinajstić information content (AvgIpc) is 2.36. The normalized spacial score (nSPS) is 39.5. The first-order valence-electron chi connectivity index (χ1n) is 7.43. The van der Waals surface area contributed by atoms with Crippen LogP contribution in [0.4, 0.5) is 0 Å². The maximum absolute atomic E-state index is 11.7. The van der Waals surface area contributed by atoms with Gasteiger partial charge in [0.25, 0.3) is 0 Å². The zero-order valence-corrected chi connectivity index (χ0v) is 13.2. The van der Waals surface area contributed by atoms with Crippen LogP contribution < -0.4 is 5.32 Å². The number of carbonyl (C=O) groups is 1. The number of rotatable bonds is 4. The maximum atomic E-state index is 11.7. The minimum atomic E-state index is -0.224. The third kappa shape index (κ3) is 3.59. The van der Waals surface area contributed by atoms with Crippen LogP contribution >= 0.6 is 0 Å². The third-order valence-corrected chi connectivity index (χ3v) is 4.89. The SMILES string of the molecule is C/C=C/C(=O)OC1CC(C)(CC)NC(C)(CC)C1C. The van der Waals surface area contributed by atoms with E-state index in [0.717, 1.165) is 19.3 Å². The first-order chi connectivity index (χ1) is 8.80. The lowest BCUT2D eigenvalue weighted by Gasteiger charge is -2.52. The highest BCUT2D eigenvalue weighted by molar-refractivity contribution is 5.82. The Bertz CT molecular complexity index is 353. The van der Waals surface area contributed by atoms with Gasteiger partial charge in [-0.25, -0.2) is 4.79 Å². The maximum Gasteiger partial charge on any atom is 0.330 e. The molecule has 0 aromatic heterocycles. The third-order valence-electron chi connectivity index (χ3n) is 4.89. The second-order valence-corrected chi connectivity index (χ2v) is 6.28. The van der Waals surface area contributed by atoms with Crippen LogP contribution in [0.2, 0.25) is 0 Å². The Balaban J connectivity index is 2.92. The number of hydrogen-bond donors (Lipinski definition) is 1. The molecule has 0 amide bonds. The second kappa shape index (κ2) is 6.08. The van der Waals surface area contributed by atoms with Gasteiger partial charge in [-0.15, -0.1) is 0 Å². The summed E-state index contributed by atoms with van der Waals surface area (Å²) in [5.41, 5.74) is 0.0576. The molecule has 0 aliphatic carbocycles. The van der Waals surface area contributed by atoms with Crippen LogP contribution in [0.15, 0.2) is 12.2 Å².